The molecule has 4 rings (SSSR count). The number of hydrogen-bond acceptors (Lipinski definition) is 4. The van der Waals surface area contributed by atoms with Crippen LogP contribution in [-0.4, -0.2) is 41.9 Å². The maximum atomic E-state index is 10.9. The third-order valence-corrected chi connectivity index (χ3v) is 5.84. The first-order valence-corrected chi connectivity index (χ1v) is 7.15. The summed E-state index contributed by atoms with van der Waals surface area (Å²) in [5, 5.41) is 21.7. The van der Waals surface area contributed by atoms with Gasteiger partial charge < -0.3 is 19.7 Å². The van der Waals surface area contributed by atoms with Crippen LogP contribution in [0.15, 0.2) is 12.2 Å². The van der Waals surface area contributed by atoms with Crippen LogP contribution in [0.25, 0.3) is 0 Å². The van der Waals surface area contributed by atoms with Gasteiger partial charge >= 0.3 is 0 Å². The number of ether oxygens (including phenoxy) is 2. The van der Waals surface area contributed by atoms with Crippen molar-refractivity contribution in [2.45, 2.75) is 37.4 Å². The molecule has 0 unspecified atom stereocenters. The topological polar surface area (TPSA) is 58.9 Å². The first-order valence-electron chi connectivity index (χ1n) is 7.15. The minimum atomic E-state index is -0.852. The smallest absolute Gasteiger partial charge is 0.146 e. The van der Waals surface area contributed by atoms with Gasteiger partial charge in [0.05, 0.1) is 17.8 Å². The van der Waals surface area contributed by atoms with Crippen LogP contribution in [0.1, 0.15) is 26.2 Å². The van der Waals surface area contributed by atoms with Crippen LogP contribution < -0.4 is 0 Å². The zero-order valence-electron chi connectivity index (χ0n) is 11.8. The predicted molar refractivity (Wildman–Crippen MR) is 70.4 cm³/mol. The standard InChI is InChI=1S/C15H24O4/c1-9-12(7-19-8-18-3)11-6-14(16)4-5-15(17,10(11)2)13(9)14/h9,11-13,16-17H,2,4-8H2,1,3H3/t9-,11-,12-,13+,14+,15-/m0/s1. The SMILES string of the molecule is C=C1[C@@H]2C[C@]3(O)CC[C@@]1(O)[C@@H]3[C@@H](C)[C@@H]2COCOC. The summed E-state index contributed by atoms with van der Waals surface area (Å²) >= 11 is 0. The lowest BCUT2D eigenvalue weighted by Crippen LogP contribution is -2.63. The van der Waals surface area contributed by atoms with E-state index in [1.165, 1.54) is 0 Å². The van der Waals surface area contributed by atoms with E-state index in [-0.39, 0.29) is 17.8 Å². The second kappa shape index (κ2) is 4.29. The third kappa shape index (κ3) is 1.67. The van der Waals surface area contributed by atoms with Crippen molar-refractivity contribution in [1.82, 2.24) is 0 Å². The minimum absolute atomic E-state index is 0.0892. The highest BCUT2D eigenvalue weighted by molar-refractivity contribution is 5.34. The van der Waals surface area contributed by atoms with Crippen LogP contribution in [0.3, 0.4) is 0 Å². The zero-order valence-corrected chi connectivity index (χ0v) is 11.8. The fourth-order valence-corrected chi connectivity index (χ4v) is 5.06. The molecule has 0 aromatic carbocycles. The van der Waals surface area contributed by atoms with E-state index in [0.717, 1.165) is 12.0 Å². The Morgan fingerprint density at radius 1 is 1.37 bits per heavy atom. The molecule has 4 aliphatic carbocycles. The molecule has 0 aromatic heterocycles. The summed E-state index contributed by atoms with van der Waals surface area (Å²) in [5.41, 5.74) is -0.629. The Morgan fingerprint density at radius 2 is 2.11 bits per heavy atom. The lowest BCUT2D eigenvalue weighted by Gasteiger charge is -2.59. The average Bonchev–Trinajstić information content (AvgIpc) is 2.60. The zero-order chi connectivity index (χ0) is 13.8. The van der Waals surface area contributed by atoms with Crippen molar-refractivity contribution in [2.75, 3.05) is 20.5 Å². The van der Waals surface area contributed by atoms with Crippen molar-refractivity contribution in [3.8, 4) is 0 Å². The molecular formula is C15H24O4. The van der Waals surface area contributed by atoms with Gasteiger partial charge in [0.2, 0.25) is 0 Å². The molecule has 4 aliphatic rings. The van der Waals surface area contributed by atoms with E-state index in [0.29, 0.717) is 32.2 Å². The second-order valence-electron chi connectivity index (χ2n) is 6.64. The molecule has 0 saturated heterocycles. The summed E-state index contributed by atoms with van der Waals surface area (Å²) in [6.07, 6.45) is 2.07. The van der Waals surface area contributed by atoms with E-state index >= 15 is 0 Å². The Balaban J connectivity index is 1.85. The average molecular weight is 268 g/mol. The van der Waals surface area contributed by atoms with Gasteiger partial charge in [0.25, 0.3) is 0 Å². The van der Waals surface area contributed by atoms with E-state index in [1.54, 1.807) is 7.11 Å². The minimum Gasteiger partial charge on any atom is -0.389 e. The van der Waals surface area contributed by atoms with Gasteiger partial charge in [-0.2, -0.15) is 0 Å². The van der Waals surface area contributed by atoms with Crippen molar-refractivity contribution in [2.24, 2.45) is 23.7 Å². The molecule has 0 aromatic rings. The summed E-state index contributed by atoms with van der Waals surface area (Å²) in [6, 6.07) is 0. The lowest BCUT2D eigenvalue weighted by molar-refractivity contribution is -0.183. The van der Waals surface area contributed by atoms with Gasteiger partial charge in [-0.1, -0.05) is 13.5 Å². The fraction of sp³-hybridized carbons (Fsp3) is 0.867. The highest BCUT2D eigenvalue weighted by atomic mass is 16.7. The van der Waals surface area contributed by atoms with Crippen LogP contribution in [0.2, 0.25) is 0 Å². The fourth-order valence-electron chi connectivity index (χ4n) is 5.06. The van der Waals surface area contributed by atoms with Crippen molar-refractivity contribution < 1.29 is 19.7 Å². The molecule has 0 heterocycles. The quantitative estimate of drug-likeness (QED) is 0.459. The lowest BCUT2D eigenvalue weighted by atomic mass is 9.49. The van der Waals surface area contributed by atoms with Crippen LogP contribution in [0.4, 0.5) is 0 Å². The summed E-state index contributed by atoms with van der Waals surface area (Å²) < 4.78 is 10.4. The Morgan fingerprint density at radius 3 is 2.79 bits per heavy atom. The highest BCUT2D eigenvalue weighted by Crippen LogP contribution is 2.66. The number of rotatable bonds is 4. The van der Waals surface area contributed by atoms with Crippen LogP contribution in [-0.2, 0) is 9.47 Å². The molecule has 108 valence electrons. The molecule has 2 N–H and O–H groups in total. The van der Waals surface area contributed by atoms with Crippen molar-refractivity contribution >= 4 is 0 Å². The summed E-state index contributed by atoms with van der Waals surface area (Å²) in [5.74, 6) is 0.646. The second-order valence-corrected chi connectivity index (χ2v) is 6.64. The summed E-state index contributed by atoms with van der Waals surface area (Å²) in [6.45, 7) is 7.18. The van der Waals surface area contributed by atoms with E-state index < -0.39 is 11.2 Å². The van der Waals surface area contributed by atoms with Crippen molar-refractivity contribution in [1.29, 1.82) is 0 Å². The molecule has 0 amide bonds. The molecule has 19 heavy (non-hydrogen) atoms. The highest BCUT2D eigenvalue weighted by Gasteiger charge is 2.69. The van der Waals surface area contributed by atoms with E-state index in [2.05, 4.69) is 13.5 Å². The number of methoxy groups -OCH3 is 1. The van der Waals surface area contributed by atoms with Crippen LogP contribution in [0.5, 0.6) is 0 Å². The number of fused-ring (bicyclic) bond motifs is 1. The maximum absolute atomic E-state index is 10.9. The van der Waals surface area contributed by atoms with Gasteiger partial charge in [-0.3, -0.25) is 0 Å². The molecule has 4 bridgehead atoms. The molecule has 0 radical (unpaired) electrons. The molecule has 4 nitrogen and oxygen atoms in total. The van der Waals surface area contributed by atoms with Crippen molar-refractivity contribution in [3.63, 3.8) is 0 Å². The van der Waals surface area contributed by atoms with E-state index in [1.807, 2.05) is 0 Å². The monoisotopic (exact) mass is 268 g/mol. The first-order chi connectivity index (χ1) is 8.94. The van der Waals surface area contributed by atoms with E-state index in [4.69, 9.17) is 9.47 Å². The van der Waals surface area contributed by atoms with Gasteiger partial charge in [0.15, 0.2) is 0 Å². The van der Waals surface area contributed by atoms with Crippen LogP contribution >= 0.6 is 0 Å². The Kier molecular flexibility index (Phi) is 3.06. The summed E-state index contributed by atoms with van der Waals surface area (Å²) in [4.78, 5) is 0. The summed E-state index contributed by atoms with van der Waals surface area (Å²) in [7, 11) is 1.61. The first kappa shape index (κ1) is 13.6. The van der Waals surface area contributed by atoms with E-state index in [9.17, 15) is 10.2 Å². The largest absolute Gasteiger partial charge is 0.389 e. The Bertz CT molecular complexity index is 396. The Labute approximate surface area is 114 Å². The molecule has 0 spiro atoms. The maximum Gasteiger partial charge on any atom is 0.146 e. The van der Waals surface area contributed by atoms with Crippen molar-refractivity contribution in [3.05, 3.63) is 12.2 Å². The van der Waals surface area contributed by atoms with Gasteiger partial charge in [-0.25, -0.2) is 0 Å². The predicted octanol–water partition coefficient (Wildman–Crippen LogP) is 1.32. The molecule has 4 saturated carbocycles. The molecule has 4 fully saturated rings. The normalized spacial score (nSPS) is 51.9. The molecule has 4 heteroatoms. The molecule has 6 atom stereocenters. The third-order valence-electron chi connectivity index (χ3n) is 5.84. The molecule has 0 aliphatic heterocycles. The van der Waals surface area contributed by atoms with Gasteiger partial charge in [0, 0.05) is 13.0 Å². The number of hydrogen-bond donors (Lipinski definition) is 2. The Hall–Kier alpha value is -0.420. The van der Waals surface area contributed by atoms with Gasteiger partial charge in [0.1, 0.15) is 6.79 Å². The van der Waals surface area contributed by atoms with Crippen LogP contribution in [0, 0.1) is 23.7 Å². The number of aliphatic hydroxyl groups is 2. The molecular weight excluding hydrogens is 244 g/mol. The van der Waals surface area contributed by atoms with Gasteiger partial charge in [-0.15, -0.1) is 0 Å². The van der Waals surface area contributed by atoms with Gasteiger partial charge in [-0.05, 0) is 42.6 Å².